The standard InChI is InChI=1S/C10H22O2/c1-4-5-6-7-10(11)8-12-9(2)3/h9-11H,4-8H2,1-3H3. The lowest BCUT2D eigenvalue weighted by Gasteiger charge is -2.12. The molecule has 0 amide bonds. The molecule has 0 aliphatic rings. The predicted molar refractivity (Wildman–Crippen MR) is 51.2 cm³/mol. The van der Waals surface area contributed by atoms with Gasteiger partial charge in [-0.1, -0.05) is 26.2 Å². The average Bonchev–Trinajstić information content (AvgIpc) is 2.01. The maximum absolute atomic E-state index is 9.40. The van der Waals surface area contributed by atoms with Crippen LogP contribution in [-0.2, 0) is 4.74 Å². The van der Waals surface area contributed by atoms with Gasteiger partial charge in [-0.25, -0.2) is 0 Å². The summed E-state index contributed by atoms with van der Waals surface area (Å²) in [4.78, 5) is 0. The molecule has 74 valence electrons. The molecule has 0 rings (SSSR count). The molecule has 1 N–H and O–H groups in total. The first-order chi connectivity index (χ1) is 5.66. The molecule has 0 radical (unpaired) electrons. The normalized spacial score (nSPS) is 13.8. The molecule has 0 fully saturated rings. The molecule has 0 aromatic heterocycles. The number of hydrogen-bond donors (Lipinski definition) is 1. The van der Waals surface area contributed by atoms with Gasteiger partial charge >= 0.3 is 0 Å². The summed E-state index contributed by atoms with van der Waals surface area (Å²) in [5.41, 5.74) is 0. The zero-order chi connectivity index (χ0) is 9.40. The molecule has 2 heteroatoms. The second-order valence-corrected chi connectivity index (χ2v) is 3.53. The summed E-state index contributed by atoms with van der Waals surface area (Å²) >= 11 is 0. The van der Waals surface area contributed by atoms with E-state index in [9.17, 15) is 5.11 Å². The fraction of sp³-hybridized carbons (Fsp3) is 1.00. The third-order valence-electron chi connectivity index (χ3n) is 1.76. The maximum atomic E-state index is 9.40. The van der Waals surface area contributed by atoms with E-state index in [4.69, 9.17) is 4.74 Å². The van der Waals surface area contributed by atoms with Crippen LogP contribution in [0.15, 0.2) is 0 Å². The van der Waals surface area contributed by atoms with Gasteiger partial charge in [0.15, 0.2) is 0 Å². The largest absolute Gasteiger partial charge is 0.391 e. The van der Waals surface area contributed by atoms with Gasteiger partial charge in [-0.15, -0.1) is 0 Å². The number of hydrogen-bond acceptors (Lipinski definition) is 2. The molecule has 0 saturated carbocycles. The van der Waals surface area contributed by atoms with Gasteiger partial charge in [-0.2, -0.15) is 0 Å². The Labute approximate surface area is 75.9 Å². The molecule has 0 aliphatic heterocycles. The summed E-state index contributed by atoms with van der Waals surface area (Å²) in [5.74, 6) is 0. The van der Waals surface area contributed by atoms with Crippen LogP contribution < -0.4 is 0 Å². The molecule has 12 heavy (non-hydrogen) atoms. The lowest BCUT2D eigenvalue weighted by molar-refractivity contribution is 0.00182. The lowest BCUT2D eigenvalue weighted by Crippen LogP contribution is -2.18. The maximum Gasteiger partial charge on any atom is 0.0773 e. The van der Waals surface area contributed by atoms with E-state index in [1.807, 2.05) is 13.8 Å². The summed E-state index contributed by atoms with van der Waals surface area (Å²) in [7, 11) is 0. The quantitative estimate of drug-likeness (QED) is 0.600. The summed E-state index contributed by atoms with van der Waals surface area (Å²) in [5, 5.41) is 9.40. The Hall–Kier alpha value is -0.0800. The first-order valence-corrected chi connectivity index (χ1v) is 4.96. The van der Waals surface area contributed by atoms with E-state index in [0.717, 1.165) is 12.8 Å². The second kappa shape index (κ2) is 7.56. The van der Waals surface area contributed by atoms with E-state index in [1.54, 1.807) is 0 Å². The Balaban J connectivity index is 3.15. The highest BCUT2D eigenvalue weighted by Crippen LogP contribution is 2.04. The molecule has 0 bridgehead atoms. The van der Waals surface area contributed by atoms with Gasteiger partial charge in [0.25, 0.3) is 0 Å². The van der Waals surface area contributed by atoms with Crippen molar-refractivity contribution in [2.75, 3.05) is 6.61 Å². The van der Waals surface area contributed by atoms with Crippen molar-refractivity contribution in [1.82, 2.24) is 0 Å². The van der Waals surface area contributed by atoms with Gasteiger partial charge in [0, 0.05) is 0 Å². The number of rotatable bonds is 7. The average molecular weight is 174 g/mol. The van der Waals surface area contributed by atoms with Crippen molar-refractivity contribution < 1.29 is 9.84 Å². The molecule has 0 heterocycles. The highest BCUT2D eigenvalue weighted by Gasteiger charge is 2.04. The van der Waals surface area contributed by atoms with Gasteiger partial charge in [-0.05, 0) is 20.3 Å². The van der Waals surface area contributed by atoms with Crippen molar-refractivity contribution in [3.63, 3.8) is 0 Å². The van der Waals surface area contributed by atoms with Gasteiger partial charge in [0.05, 0.1) is 18.8 Å². The molecule has 0 spiro atoms. The zero-order valence-corrected chi connectivity index (χ0v) is 8.55. The van der Waals surface area contributed by atoms with Crippen molar-refractivity contribution in [3.05, 3.63) is 0 Å². The Morgan fingerprint density at radius 1 is 1.25 bits per heavy atom. The van der Waals surface area contributed by atoms with Crippen LogP contribution in [0.5, 0.6) is 0 Å². The Morgan fingerprint density at radius 2 is 1.92 bits per heavy atom. The van der Waals surface area contributed by atoms with Gasteiger partial charge in [0.2, 0.25) is 0 Å². The van der Waals surface area contributed by atoms with Crippen molar-refractivity contribution in [2.45, 2.75) is 58.7 Å². The number of aliphatic hydroxyl groups is 1. The summed E-state index contributed by atoms with van der Waals surface area (Å²) in [6.45, 7) is 6.62. The highest BCUT2D eigenvalue weighted by atomic mass is 16.5. The molecule has 0 aromatic carbocycles. The van der Waals surface area contributed by atoms with Crippen LogP contribution in [0.3, 0.4) is 0 Å². The monoisotopic (exact) mass is 174 g/mol. The van der Waals surface area contributed by atoms with Gasteiger partial charge in [0.1, 0.15) is 0 Å². The van der Waals surface area contributed by atoms with Crippen LogP contribution in [0.4, 0.5) is 0 Å². The van der Waals surface area contributed by atoms with Crippen LogP contribution in [-0.4, -0.2) is 23.9 Å². The Morgan fingerprint density at radius 3 is 2.42 bits per heavy atom. The third kappa shape index (κ3) is 8.02. The number of ether oxygens (including phenoxy) is 1. The van der Waals surface area contributed by atoms with Crippen LogP contribution >= 0.6 is 0 Å². The Bertz CT molecular complexity index is 91.8. The molecule has 1 atom stereocenters. The summed E-state index contributed by atoms with van der Waals surface area (Å²) < 4.78 is 5.28. The minimum Gasteiger partial charge on any atom is -0.391 e. The van der Waals surface area contributed by atoms with Crippen LogP contribution in [0.2, 0.25) is 0 Å². The molecule has 2 nitrogen and oxygen atoms in total. The molecular weight excluding hydrogens is 152 g/mol. The first-order valence-electron chi connectivity index (χ1n) is 4.96. The van der Waals surface area contributed by atoms with E-state index in [-0.39, 0.29) is 12.2 Å². The van der Waals surface area contributed by atoms with E-state index in [0.29, 0.717) is 6.61 Å². The van der Waals surface area contributed by atoms with Crippen molar-refractivity contribution in [3.8, 4) is 0 Å². The van der Waals surface area contributed by atoms with E-state index < -0.39 is 0 Å². The van der Waals surface area contributed by atoms with E-state index in [2.05, 4.69) is 6.92 Å². The predicted octanol–water partition coefficient (Wildman–Crippen LogP) is 2.35. The fourth-order valence-electron chi connectivity index (χ4n) is 1.02. The summed E-state index contributed by atoms with van der Waals surface area (Å²) in [6.07, 6.45) is 4.36. The second-order valence-electron chi connectivity index (χ2n) is 3.53. The van der Waals surface area contributed by atoms with Crippen molar-refractivity contribution in [2.24, 2.45) is 0 Å². The van der Waals surface area contributed by atoms with E-state index >= 15 is 0 Å². The van der Waals surface area contributed by atoms with E-state index in [1.165, 1.54) is 12.8 Å². The minimum atomic E-state index is -0.265. The van der Waals surface area contributed by atoms with Gasteiger partial charge < -0.3 is 9.84 Å². The van der Waals surface area contributed by atoms with Crippen molar-refractivity contribution >= 4 is 0 Å². The molecular formula is C10H22O2. The molecule has 0 saturated heterocycles. The van der Waals surface area contributed by atoms with Crippen LogP contribution in [0, 0.1) is 0 Å². The Kier molecular flexibility index (Phi) is 7.51. The topological polar surface area (TPSA) is 29.5 Å². The summed E-state index contributed by atoms with van der Waals surface area (Å²) in [6, 6.07) is 0. The molecule has 0 aliphatic carbocycles. The minimum absolute atomic E-state index is 0.228. The van der Waals surface area contributed by atoms with Crippen LogP contribution in [0.1, 0.15) is 46.5 Å². The van der Waals surface area contributed by atoms with Crippen LogP contribution in [0.25, 0.3) is 0 Å². The molecule has 1 unspecified atom stereocenters. The number of aliphatic hydroxyl groups excluding tert-OH is 1. The smallest absolute Gasteiger partial charge is 0.0773 e. The lowest BCUT2D eigenvalue weighted by atomic mass is 10.1. The third-order valence-corrected chi connectivity index (χ3v) is 1.76. The molecule has 0 aromatic rings. The zero-order valence-electron chi connectivity index (χ0n) is 8.55. The number of unbranched alkanes of at least 4 members (excludes halogenated alkanes) is 2. The van der Waals surface area contributed by atoms with Crippen molar-refractivity contribution in [1.29, 1.82) is 0 Å². The SMILES string of the molecule is CCCCCC(O)COC(C)C. The highest BCUT2D eigenvalue weighted by molar-refractivity contribution is 4.54. The fourth-order valence-corrected chi connectivity index (χ4v) is 1.02. The van der Waals surface area contributed by atoms with Gasteiger partial charge in [-0.3, -0.25) is 0 Å². The first kappa shape index (κ1) is 11.9.